The Morgan fingerprint density at radius 2 is 1.77 bits per heavy atom. The molecular formula is C27H28ClN3O3S. The van der Waals surface area contributed by atoms with Gasteiger partial charge in [0.1, 0.15) is 0 Å². The van der Waals surface area contributed by atoms with E-state index in [1.54, 1.807) is 18.4 Å². The number of benzene rings is 2. The largest absolute Gasteiger partial charge is 0.383 e. The number of hydrogen-bond donors (Lipinski definition) is 0. The number of piperazine rings is 1. The number of anilines is 1. The van der Waals surface area contributed by atoms with Crippen LogP contribution in [0.1, 0.15) is 32.8 Å². The summed E-state index contributed by atoms with van der Waals surface area (Å²) in [5, 5.41) is 2.71. The number of methoxy groups -OCH3 is 1. The number of thiophene rings is 1. The van der Waals surface area contributed by atoms with Crippen LogP contribution in [0.25, 0.3) is 0 Å². The third-order valence-electron chi connectivity index (χ3n) is 6.86. The summed E-state index contributed by atoms with van der Waals surface area (Å²) < 4.78 is 5.32. The Bertz CT molecular complexity index is 1180. The Hall–Kier alpha value is -2.87. The van der Waals surface area contributed by atoms with Crippen molar-refractivity contribution < 1.29 is 14.3 Å². The standard InChI is InChI=1S/C27H28ClN3O3S/c1-34-17-16-31-25(23-7-4-18-35-23)24(21-5-2-3-6-22(21)26(31)32)27(33)30-14-12-29(13-15-30)20-10-8-19(28)9-11-20/h2-11,18,24-25H,12-17H2,1H3/t24-,25-/m1/s1. The van der Waals surface area contributed by atoms with Crippen LogP contribution in [0.15, 0.2) is 66.0 Å². The van der Waals surface area contributed by atoms with Crippen LogP contribution < -0.4 is 4.90 Å². The zero-order chi connectivity index (χ0) is 24.4. The van der Waals surface area contributed by atoms with Crippen molar-refractivity contribution in [2.75, 3.05) is 51.3 Å². The van der Waals surface area contributed by atoms with Gasteiger partial charge in [0.15, 0.2) is 0 Å². The van der Waals surface area contributed by atoms with Crippen molar-refractivity contribution in [2.45, 2.75) is 12.0 Å². The van der Waals surface area contributed by atoms with Crippen molar-refractivity contribution in [2.24, 2.45) is 0 Å². The molecule has 2 atom stereocenters. The number of amides is 2. The minimum absolute atomic E-state index is 0.0485. The second-order valence-corrected chi connectivity index (χ2v) is 10.2. The maximum Gasteiger partial charge on any atom is 0.254 e. The van der Waals surface area contributed by atoms with Crippen LogP contribution in [0.3, 0.4) is 0 Å². The summed E-state index contributed by atoms with van der Waals surface area (Å²) in [6.07, 6.45) is 0. The summed E-state index contributed by atoms with van der Waals surface area (Å²) in [6, 6.07) is 19.0. The quantitative estimate of drug-likeness (QED) is 0.484. The molecule has 0 unspecified atom stereocenters. The van der Waals surface area contributed by atoms with Crippen molar-refractivity contribution in [3.8, 4) is 0 Å². The number of nitrogens with zero attached hydrogens (tertiary/aromatic N) is 3. The van der Waals surface area contributed by atoms with Crippen LogP contribution >= 0.6 is 22.9 Å². The first-order valence-corrected chi connectivity index (χ1v) is 13.1. The van der Waals surface area contributed by atoms with Gasteiger partial charge in [-0.2, -0.15) is 0 Å². The van der Waals surface area contributed by atoms with Gasteiger partial charge in [0.25, 0.3) is 5.91 Å². The molecule has 2 amide bonds. The van der Waals surface area contributed by atoms with E-state index in [1.165, 1.54) is 0 Å². The molecule has 0 aliphatic carbocycles. The highest BCUT2D eigenvalue weighted by atomic mass is 35.5. The number of hydrogen-bond acceptors (Lipinski definition) is 5. The topological polar surface area (TPSA) is 53.1 Å². The molecule has 1 saturated heterocycles. The van der Waals surface area contributed by atoms with Crippen LogP contribution in [-0.2, 0) is 9.53 Å². The molecule has 3 heterocycles. The predicted octanol–water partition coefficient (Wildman–Crippen LogP) is 4.68. The van der Waals surface area contributed by atoms with Crippen molar-refractivity contribution >= 4 is 40.4 Å². The summed E-state index contributed by atoms with van der Waals surface area (Å²) >= 11 is 7.63. The van der Waals surface area contributed by atoms with E-state index in [1.807, 2.05) is 75.8 Å². The van der Waals surface area contributed by atoms with Gasteiger partial charge in [0.2, 0.25) is 5.91 Å². The lowest BCUT2D eigenvalue weighted by atomic mass is 9.81. The average molecular weight is 510 g/mol. The van der Waals surface area contributed by atoms with Crippen LogP contribution in [0.2, 0.25) is 5.02 Å². The molecule has 2 aliphatic rings. The summed E-state index contributed by atoms with van der Waals surface area (Å²) in [7, 11) is 1.63. The van der Waals surface area contributed by atoms with Gasteiger partial charge in [0, 0.05) is 61.0 Å². The Kier molecular flexibility index (Phi) is 7.09. The van der Waals surface area contributed by atoms with Gasteiger partial charge in [-0.25, -0.2) is 0 Å². The minimum Gasteiger partial charge on any atom is -0.383 e. The molecule has 2 aliphatic heterocycles. The van der Waals surface area contributed by atoms with E-state index in [-0.39, 0.29) is 17.9 Å². The summed E-state index contributed by atoms with van der Waals surface area (Å²) in [6.45, 7) is 3.60. The monoisotopic (exact) mass is 509 g/mol. The predicted molar refractivity (Wildman–Crippen MR) is 139 cm³/mol. The molecule has 3 aromatic rings. The van der Waals surface area contributed by atoms with Gasteiger partial charge in [-0.3, -0.25) is 9.59 Å². The molecule has 0 bridgehead atoms. The van der Waals surface area contributed by atoms with Crippen molar-refractivity contribution in [3.63, 3.8) is 0 Å². The molecule has 0 spiro atoms. The van der Waals surface area contributed by atoms with E-state index in [4.69, 9.17) is 16.3 Å². The fourth-order valence-electron chi connectivity index (χ4n) is 5.10. The van der Waals surface area contributed by atoms with Gasteiger partial charge >= 0.3 is 0 Å². The molecular weight excluding hydrogens is 482 g/mol. The smallest absolute Gasteiger partial charge is 0.254 e. The third-order valence-corrected chi connectivity index (χ3v) is 8.05. The van der Waals surface area contributed by atoms with E-state index in [0.29, 0.717) is 36.8 Å². The molecule has 0 radical (unpaired) electrons. The Morgan fingerprint density at radius 3 is 2.46 bits per heavy atom. The van der Waals surface area contributed by atoms with Crippen molar-refractivity contribution in [3.05, 3.63) is 87.1 Å². The lowest BCUT2D eigenvalue weighted by molar-refractivity contribution is -0.135. The van der Waals surface area contributed by atoms with E-state index in [0.717, 1.165) is 29.2 Å². The molecule has 1 fully saturated rings. The summed E-state index contributed by atoms with van der Waals surface area (Å²) in [5.74, 6) is -0.435. The molecule has 0 N–H and O–H groups in total. The molecule has 8 heteroatoms. The highest BCUT2D eigenvalue weighted by molar-refractivity contribution is 7.10. The lowest BCUT2D eigenvalue weighted by Gasteiger charge is -2.44. The minimum atomic E-state index is -0.457. The molecule has 35 heavy (non-hydrogen) atoms. The Balaban J connectivity index is 1.45. The highest BCUT2D eigenvalue weighted by Crippen LogP contribution is 2.45. The van der Waals surface area contributed by atoms with Crippen molar-refractivity contribution in [1.29, 1.82) is 0 Å². The van der Waals surface area contributed by atoms with E-state index >= 15 is 0 Å². The maximum absolute atomic E-state index is 14.2. The van der Waals surface area contributed by atoms with Gasteiger partial charge in [-0.15, -0.1) is 11.3 Å². The normalized spacial score (nSPS) is 20.2. The number of fused-ring (bicyclic) bond motifs is 1. The van der Waals surface area contributed by atoms with E-state index < -0.39 is 5.92 Å². The van der Waals surface area contributed by atoms with E-state index in [2.05, 4.69) is 4.90 Å². The fraction of sp³-hybridized carbons (Fsp3) is 0.333. The molecule has 1 aromatic heterocycles. The summed E-state index contributed by atoms with van der Waals surface area (Å²) in [5.41, 5.74) is 2.53. The number of carbonyl (C=O) groups is 2. The highest BCUT2D eigenvalue weighted by Gasteiger charge is 2.46. The van der Waals surface area contributed by atoms with E-state index in [9.17, 15) is 9.59 Å². The summed E-state index contributed by atoms with van der Waals surface area (Å²) in [4.78, 5) is 34.8. The van der Waals surface area contributed by atoms with Crippen LogP contribution in [0.4, 0.5) is 5.69 Å². The fourth-order valence-corrected chi connectivity index (χ4v) is 6.10. The first-order chi connectivity index (χ1) is 17.1. The Labute approximate surface area is 214 Å². The number of ether oxygens (including phenoxy) is 1. The maximum atomic E-state index is 14.2. The van der Waals surface area contributed by atoms with Crippen LogP contribution in [-0.4, -0.2) is 68.1 Å². The molecule has 5 rings (SSSR count). The average Bonchev–Trinajstić information content (AvgIpc) is 3.43. The van der Waals surface area contributed by atoms with Gasteiger partial charge < -0.3 is 19.4 Å². The SMILES string of the molecule is COCCN1C(=O)c2ccccc2[C@@H](C(=O)N2CCN(c3ccc(Cl)cc3)CC2)[C@H]1c1cccs1. The third kappa shape index (κ3) is 4.68. The number of rotatable bonds is 6. The number of halogens is 1. The Morgan fingerprint density at radius 1 is 1.03 bits per heavy atom. The van der Waals surface area contributed by atoms with Crippen molar-refractivity contribution in [1.82, 2.24) is 9.80 Å². The molecule has 2 aromatic carbocycles. The van der Waals surface area contributed by atoms with Gasteiger partial charge in [0.05, 0.1) is 18.6 Å². The zero-order valence-corrected chi connectivity index (χ0v) is 21.2. The first kappa shape index (κ1) is 23.9. The second-order valence-electron chi connectivity index (χ2n) is 8.81. The zero-order valence-electron chi connectivity index (χ0n) is 19.6. The number of carbonyl (C=O) groups excluding carboxylic acids is 2. The van der Waals surface area contributed by atoms with Gasteiger partial charge in [-0.05, 0) is 47.3 Å². The molecule has 182 valence electrons. The molecule has 0 saturated carbocycles. The molecule has 6 nitrogen and oxygen atoms in total. The van der Waals surface area contributed by atoms with Crippen LogP contribution in [0.5, 0.6) is 0 Å². The lowest BCUT2D eigenvalue weighted by Crippen LogP contribution is -2.53. The van der Waals surface area contributed by atoms with Gasteiger partial charge in [-0.1, -0.05) is 35.9 Å². The van der Waals surface area contributed by atoms with Crippen LogP contribution in [0, 0.1) is 0 Å². The second kappa shape index (κ2) is 10.4. The first-order valence-electron chi connectivity index (χ1n) is 11.8.